The zero-order valence-electron chi connectivity index (χ0n) is 21.6. The summed E-state index contributed by atoms with van der Waals surface area (Å²) in [6, 6.07) is 10.1. The second-order valence-electron chi connectivity index (χ2n) is 9.04. The first-order valence-electron chi connectivity index (χ1n) is 12.6. The van der Waals surface area contributed by atoms with Gasteiger partial charge in [-0.2, -0.15) is 13.2 Å². The van der Waals surface area contributed by atoms with Crippen LogP contribution < -0.4 is 20.8 Å². The molecule has 8 nitrogen and oxygen atoms in total. The summed E-state index contributed by atoms with van der Waals surface area (Å²) in [5.74, 6) is 0.878. The Bertz CT molecular complexity index is 1550. The highest BCUT2D eigenvalue weighted by Gasteiger charge is 2.34. The van der Waals surface area contributed by atoms with Crippen molar-refractivity contribution in [1.82, 2.24) is 9.13 Å². The molecule has 0 bridgehead atoms. The largest absolute Gasteiger partial charge is 0.497 e. The van der Waals surface area contributed by atoms with Crippen molar-refractivity contribution in [2.24, 2.45) is 0 Å². The number of nitrogens with zero attached hydrogens (tertiary/aromatic N) is 2. The van der Waals surface area contributed by atoms with E-state index in [2.05, 4.69) is 0 Å². The molecule has 0 unspecified atom stereocenters. The highest BCUT2D eigenvalue weighted by Crippen LogP contribution is 2.37. The number of imidazole rings is 1. The number of aromatic nitrogens is 2. The number of hydrogen-bond donors (Lipinski definition) is 1. The van der Waals surface area contributed by atoms with Crippen molar-refractivity contribution in [2.75, 3.05) is 13.7 Å². The van der Waals surface area contributed by atoms with Gasteiger partial charge in [-0.15, -0.1) is 0 Å². The molecule has 0 aliphatic carbocycles. The standard InChI is InChI=1S/C28H29F3N2O6/c1-3-7-21-23(13-12-20-22(28(29,30)31)16-25(35)39-26(20)21)38-15-6-4-5-14-32-24(34)17-33(27(32)36)18-8-10-19(37-2)11-9-18/h8-13,16-17,34H,3-7,14-15H2,1-2H3. The summed E-state index contributed by atoms with van der Waals surface area (Å²) < 4.78 is 59.2. The number of rotatable bonds is 11. The molecular weight excluding hydrogens is 517 g/mol. The number of fused-ring (bicyclic) bond motifs is 1. The van der Waals surface area contributed by atoms with Gasteiger partial charge in [0.1, 0.15) is 17.1 Å². The van der Waals surface area contributed by atoms with Crippen LogP contribution in [0.4, 0.5) is 13.2 Å². The van der Waals surface area contributed by atoms with Crippen LogP contribution in [-0.2, 0) is 19.1 Å². The first-order valence-corrected chi connectivity index (χ1v) is 12.6. The lowest BCUT2D eigenvalue weighted by Gasteiger charge is -2.15. The van der Waals surface area contributed by atoms with Crippen molar-refractivity contribution in [3.05, 3.63) is 80.7 Å². The summed E-state index contributed by atoms with van der Waals surface area (Å²) in [6.45, 7) is 2.45. The Morgan fingerprint density at radius 2 is 1.77 bits per heavy atom. The van der Waals surface area contributed by atoms with Gasteiger partial charge >= 0.3 is 17.5 Å². The number of aryl methyl sites for hydroxylation is 1. The van der Waals surface area contributed by atoms with Gasteiger partial charge in [-0.1, -0.05) is 13.3 Å². The fourth-order valence-corrected chi connectivity index (χ4v) is 4.46. The molecule has 1 N–H and O–H groups in total. The second kappa shape index (κ2) is 11.7. The van der Waals surface area contributed by atoms with Crippen LogP contribution in [0.2, 0.25) is 0 Å². The number of halogens is 3. The third-order valence-corrected chi connectivity index (χ3v) is 6.37. The van der Waals surface area contributed by atoms with Crippen LogP contribution in [0.1, 0.15) is 43.7 Å². The second-order valence-corrected chi connectivity index (χ2v) is 9.04. The molecule has 2 aromatic heterocycles. The fourth-order valence-electron chi connectivity index (χ4n) is 4.46. The fraction of sp³-hybridized carbons (Fsp3) is 0.357. The minimum Gasteiger partial charge on any atom is -0.497 e. The molecule has 0 saturated carbocycles. The van der Waals surface area contributed by atoms with Crippen LogP contribution in [0.25, 0.3) is 16.7 Å². The minimum absolute atomic E-state index is 0.106. The van der Waals surface area contributed by atoms with Gasteiger partial charge in [-0.25, -0.2) is 9.59 Å². The predicted octanol–water partition coefficient (Wildman–Crippen LogP) is 5.68. The van der Waals surface area contributed by atoms with E-state index in [1.165, 1.54) is 27.5 Å². The SMILES string of the molecule is CCCc1c(OCCCCCn2c(O)cn(-c3ccc(OC)cc3)c2=O)ccc2c(C(F)(F)F)cc(=O)oc12. The van der Waals surface area contributed by atoms with Gasteiger partial charge in [-0.3, -0.25) is 9.13 Å². The average molecular weight is 547 g/mol. The van der Waals surface area contributed by atoms with Gasteiger partial charge in [0.05, 0.1) is 31.2 Å². The Labute approximate surface area is 221 Å². The maximum atomic E-state index is 13.5. The number of hydrogen-bond acceptors (Lipinski definition) is 6. The Balaban J connectivity index is 1.39. The quantitative estimate of drug-likeness (QED) is 0.192. The Morgan fingerprint density at radius 1 is 1.03 bits per heavy atom. The smallest absolute Gasteiger partial charge is 0.417 e. The summed E-state index contributed by atoms with van der Waals surface area (Å²) >= 11 is 0. The molecule has 11 heteroatoms. The van der Waals surface area contributed by atoms with Crippen LogP contribution >= 0.6 is 0 Å². The number of alkyl halides is 3. The Kier molecular flexibility index (Phi) is 8.37. The van der Waals surface area contributed by atoms with Gasteiger partial charge in [0.15, 0.2) is 0 Å². The third-order valence-electron chi connectivity index (χ3n) is 6.37. The summed E-state index contributed by atoms with van der Waals surface area (Å²) in [7, 11) is 1.55. The number of ether oxygens (including phenoxy) is 2. The Morgan fingerprint density at radius 3 is 2.44 bits per heavy atom. The van der Waals surface area contributed by atoms with E-state index in [9.17, 15) is 27.9 Å². The van der Waals surface area contributed by atoms with E-state index in [0.717, 1.165) is 0 Å². The average Bonchev–Trinajstić information content (AvgIpc) is 3.19. The molecule has 0 fully saturated rings. The molecule has 4 aromatic rings. The molecule has 0 spiro atoms. The molecular formula is C28H29F3N2O6. The maximum Gasteiger partial charge on any atom is 0.417 e. The number of methoxy groups -OCH3 is 1. The van der Waals surface area contributed by atoms with Crippen molar-refractivity contribution < 1.29 is 32.2 Å². The number of benzene rings is 2. The molecule has 208 valence electrons. The number of aromatic hydroxyl groups is 1. The monoisotopic (exact) mass is 546 g/mol. The van der Waals surface area contributed by atoms with E-state index in [0.29, 0.717) is 67.5 Å². The van der Waals surface area contributed by atoms with Crippen LogP contribution in [-0.4, -0.2) is 28.0 Å². The lowest BCUT2D eigenvalue weighted by atomic mass is 10.0. The number of unbranched alkanes of at least 4 members (excludes halogenated alkanes) is 2. The van der Waals surface area contributed by atoms with E-state index >= 15 is 0 Å². The van der Waals surface area contributed by atoms with Crippen molar-refractivity contribution >= 4 is 11.0 Å². The maximum absolute atomic E-state index is 13.5. The van der Waals surface area contributed by atoms with E-state index in [-0.39, 0.29) is 29.1 Å². The molecule has 39 heavy (non-hydrogen) atoms. The van der Waals surface area contributed by atoms with Crippen molar-refractivity contribution in [1.29, 1.82) is 0 Å². The van der Waals surface area contributed by atoms with Gasteiger partial charge < -0.3 is 19.0 Å². The topological polar surface area (TPSA) is 95.8 Å². The lowest BCUT2D eigenvalue weighted by molar-refractivity contribution is -0.136. The van der Waals surface area contributed by atoms with Crippen molar-refractivity contribution in [3.63, 3.8) is 0 Å². The van der Waals surface area contributed by atoms with E-state index in [1.807, 2.05) is 6.92 Å². The lowest BCUT2D eigenvalue weighted by Crippen LogP contribution is -2.23. The molecule has 0 aliphatic heterocycles. The highest BCUT2D eigenvalue weighted by atomic mass is 19.4. The summed E-state index contributed by atoms with van der Waals surface area (Å²) in [4.78, 5) is 24.6. The van der Waals surface area contributed by atoms with Crippen molar-refractivity contribution in [3.8, 4) is 23.1 Å². The van der Waals surface area contributed by atoms with Crippen LogP contribution in [0.5, 0.6) is 17.4 Å². The molecule has 0 amide bonds. The zero-order chi connectivity index (χ0) is 28.2. The van der Waals surface area contributed by atoms with Gasteiger partial charge in [0, 0.05) is 23.6 Å². The predicted molar refractivity (Wildman–Crippen MR) is 139 cm³/mol. The van der Waals surface area contributed by atoms with Gasteiger partial charge in [0.25, 0.3) is 0 Å². The van der Waals surface area contributed by atoms with Crippen LogP contribution in [0.3, 0.4) is 0 Å². The van der Waals surface area contributed by atoms with Crippen LogP contribution in [0, 0.1) is 0 Å². The minimum atomic E-state index is -4.69. The third kappa shape index (κ3) is 6.13. The molecule has 0 saturated heterocycles. The van der Waals surface area contributed by atoms with Crippen molar-refractivity contribution in [2.45, 2.75) is 51.7 Å². The highest BCUT2D eigenvalue weighted by molar-refractivity contribution is 5.85. The summed E-state index contributed by atoms with van der Waals surface area (Å²) in [6.07, 6.45) is -0.466. The summed E-state index contributed by atoms with van der Waals surface area (Å²) in [5.41, 5.74) is -1.55. The van der Waals surface area contributed by atoms with Gasteiger partial charge in [0.2, 0.25) is 5.88 Å². The normalized spacial score (nSPS) is 11.7. The Hall–Kier alpha value is -4.15. The van der Waals surface area contributed by atoms with Crippen LogP contribution in [0.15, 0.2) is 62.7 Å². The van der Waals surface area contributed by atoms with E-state index in [4.69, 9.17) is 13.9 Å². The van der Waals surface area contributed by atoms with Gasteiger partial charge in [-0.05, 0) is 62.1 Å². The molecule has 0 aliphatic rings. The van der Waals surface area contributed by atoms with E-state index in [1.54, 1.807) is 31.4 Å². The molecule has 4 rings (SSSR count). The molecule has 0 atom stereocenters. The van der Waals surface area contributed by atoms with E-state index < -0.39 is 17.4 Å². The first kappa shape index (κ1) is 27.9. The molecule has 2 aromatic carbocycles. The first-order chi connectivity index (χ1) is 18.6. The molecule has 0 radical (unpaired) electrons. The summed E-state index contributed by atoms with van der Waals surface area (Å²) in [5, 5.41) is 10.1. The zero-order valence-corrected chi connectivity index (χ0v) is 21.6. The molecule has 2 heterocycles.